The van der Waals surface area contributed by atoms with Gasteiger partial charge in [-0.3, -0.25) is 0 Å². The minimum Gasteiger partial charge on any atom is -0.508 e. The Morgan fingerprint density at radius 1 is 1.26 bits per heavy atom. The fourth-order valence-electron chi connectivity index (χ4n) is 1.60. The maximum absolute atomic E-state index is 9.35. The van der Waals surface area contributed by atoms with Gasteiger partial charge >= 0.3 is 0 Å². The van der Waals surface area contributed by atoms with Crippen LogP contribution in [0.4, 0.5) is 0 Å². The normalized spacial score (nSPS) is 10.2. The summed E-state index contributed by atoms with van der Waals surface area (Å²) in [5.41, 5.74) is 7.02. The average Bonchev–Trinajstić information content (AvgIpc) is 2.36. The zero-order valence-electron chi connectivity index (χ0n) is 9.97. The Hall–Kier alpha value is -1.78. The van der Waals surface area contributed by atoms with Crippen molar-refractivity contribution in [2.45, 2.75) is 6.61 Å². The topological polar surface area (TPSA) is 55.5 Å². The molecule has 0 atom stereocenters. The smallest absolute Gasteiger partial charge is 0.121 e. The number of phenols is 1. The van der Waals surface area contributed by atoms with Crippen molar-refractivity contribution in [3.05, 3.63) is 58.6 Å². The van der Waals surface area contributed by atoms with Gasteiger partial charge in [-0.2, -0.15) is 0 Å². The van der Waals surface area contributed by atoms with E-state index in [0.717, 1.165) is 5.56 Å². The predicted octanol–water partition coefficient (Wildman–Crippen LogP) is 3.26. The molecule has 0 radical (unpaired) electrons. The molecule has 0 aliphatic heterocycles. The molecule has 98 valence electrons. The second-order valence-electron chi connectivity index (χ2n) is 3.96. The maximum atomic E-state index is 9.35. The first-order valence-corrected chi connectivity index (χ1v) is 6.35. The van der Waals surface area contributed by atoms with Crippen molar-refractivity contribution in [3.63, 3.8) is 0 Å². The van der Waals surface area contributed by atoms with Gasteiger partial charge in [0.25, 0.3) is 0 Å². The van der Waals surface area contributed by atoms with Gasteiger partial charge in [-0.05, 0) is 35.9 Å². The van der Waals surface area contributed by atoms with Crippen molar-refractivity contribution in [1.82, 2.24) is 0 Å². The van der Waals surface area contributed by atoms with Crippen molar-refractivity contribution >= 4 is 28.8 Å². The third-order valence-corrected chi connectivity index (χ3v) is 3.05. The SMILES string of the molecule is NC(=S)c1ccc(OCc2cccc(O)c2)cc1Cl. The number of hydrogen-bond donors (Lipinski definition) is 2. The van der Waals surface area contributed by atoms with E-state index in [1.807, 2.05) is 6.07 Å². The molecule has 0 aromatic heterocycles. The van der Waals surface area contributed by atoms with Gasteiger partial charge < -0.3 is 15.6 Å². The minimum atomic E-state index is 0.211. The van der Waals surface area contributed by atoms with E-state index in [-0.39, 0.29) is 10.7 Å². The lowest BCUT2D eigenvalue weighted by atomic mass is 10.2. The van der Waals surface area contributed by atoms with E-state index in [1.54, 1.807) is 36.4 Å². The number of benzene rings is 2. The zero-order valence-corrected chi connectivity index (χ0v) is 11.5. The molecular formula is C14H12ClNO2S. The molecule has 5 heteroatoms. The highest BCUT2D eigenvalue weighted by Crippen LogP contribution is 2.23. The number of aromatic hydroxyl groups is 1. The first-order chi connectivity index (χ1) is 9.06. The first kappa shape index (κ1) is 13.6. The first-order valence-electron chi connectivity index (χ1n) is 5.56. The molecular weight excluding hydrogens is 282 g/mol. The van der Waals surface area contributed by atoms with E-state index >= 15 is 0 Å². The maximum Gasteiger partial charge on any atom is 0.121 e. The molecule has 3 nitrogen and oxygen atoms in total. The minimum absolute atomic E-state index is 0.211. The fraction of sp³-hybridized carbons (Fsp3) is 0.0714. The zero-order chi connectivity index (χ0) is 13.8. The van der Waals surface area contributed by atoms with Gasteiger partial charge in [0.1, 0.15) is 23.1 Å². The standard InChI is InChI=1S/C14H12ClNO2S/c15-13-7-11(4-5-12(13)14(16)19)18-8-9-2-1-3-10(17)6-9/h1-7,17H,8H2,(H2,16,19). The number of hydrogen-bond acceptors (Lipinski definition) is 3. The lowest BCUT2D eigenvalue weighted by Gasteiger charge is -2.09. The summed E-state index contributed by atoms with van der Waals surface area (Å²) in [6.07, 6.45) is 0. The van der Waals surface area contributed by atoms with Gasteiger partial charge in [-0.25, -0.2) is 0 Å². The summed E-state index contributed by atoms with van der Waals surface area (Å²) in [6.45, 7) is 0.344. The Morgan fingerprint density at radius 2 is 2.05 bits per heavy atom. The highest BCUT2D eigenvalue weighted by Gasteiger charge is 2.05. The highest BCUT2D eigenvalue weighted by molar-refractivity contribution is 7.80. The number of nitrogens with two attached hydrogens (primary N) is 1. The Labute approximate surface area is 121 Å². The molecule has 19 heavy (non-hydrogen) atoms. The van der Waals surface area contributed by atoms with Crippen LogP contribution in [0.1, 0.15) is 11.1 Å². The Balaban J connectivity index is 2.08. The highest BCUT2D eigenvalue weighted by atomic mass is 35.5. The third kappa shape index (κ3) is 3.59. The quantitative estimate of drug-likeness (QED) is 0.850. The van der Waals surface area contributed by atoms with Crippen LogP contribution >= 0.6 is 23.8 Å². The van der Waals surface area contributed by atoms with Gasteiger partial charge in [0.2, 0.25) is 0 Å². The van der Waals surface area contributed by atoms with E-state index < -0.39 is 0 Å². The molecule has 0 aliphatic rings. The summed E-state index contributed by atoms with van der Waals surface area (Å²) >= 11 is 10.9. The number of halogens is 1. The number of ether oxygens (including phenoxy) is 1. The third-order valence-electron chi connectivity index (χ3n) is 2.52. The van der Waals surface area contributed by atoms with Crippen LogP contribution in [0.25, 0.3) is 0 Å². The van der Waals surface area contributed by atoms with E-state index in [2.05, 4.69) is 0 Å². The Morgan fingerprint density at radius 3 is 2.68 bits per heavy atom. The van der Waals surface area contributed by atoms with E-state index in [9.17, 15) is 5.11 Å². The monoisotopic (exact) mass is 293 g/mol. The predicted molar refractivity (Wildman–Crippen MR) is 79.8 cm³/mol. The lowest BCUT2D eigenvalue weighted by molar-refractivity contribution is 0.305. The Kier molecular flexibility index (Phi) is 4.24. The van der Waals surface area contributed by atoms with Crippen LogP contribution in [0.2, 0.25) is 5.02 Å². The summed E-state index contributed by atoms with van der Waals surface area (Å²) in [6, 6.07) is 12.0. The van der Waals surface area contributed by atoms with Crippen LogP contribution in [0, 0.1) is 0 Å². The fourth-order valence-corrected chi connectivity index (χ4v) is 2.10. The molecule has 0 bridgehead atoms. The molecule has 0 heterocycles. The van der Waals surface area contributed by atoms with Crippen molar-refractivity contribution in [3.8, 4) is 11.5 Å². The molecule has 0 unspecified atom stereocenters. The van der Waals surface area contributed by atoms with Crippen LogP contribution in [0.15, 0.2) is 42.5 Å². The molecule has 0 saturated carbocycles. The van der Waals surface area contributed by atoms with Gasteiger partial charge in [0.05, 0.1) is 5.02 Å². The van der Waals surface area contributed by atoms with Crippen molar-refractivity contribution in [2.24, 2.45) is 5.73 Å². The molecule has 0 amide bonds. The summed E-state index contributed by atoms with van der Waals surface area (Å²) in [5, 5.41) is 9.81. The Bertz CT molecular complexity index is 616. The van der Waals surface area contributed by atoms with Crippen molar-refractivity contribution in [2.75, 3.05) is 0 Å². The van der Waals surface area contributed by atoms with Crippen molar-refractivity contribution in [1.29, 1.82) is 0 Å². The molecule has 0 saturated heterocycles. The molecule has 3 N–H and O–H groups in total. The molecule has 0 spiro atoms. The summed E-state index contributed by atoms with van der Waals surface area (Å²) in [4.78, 5) is 0.254. The van der Waals surface area contributed by atoms with Crippen LogP contribution in [-0.2, 0) is 6.61 Å². The molecule has 2 aromatic carbocycles. The number of thiocarbonyl (C=S) groups is 1. The van der Waals surface area contributed by atoms with E-state index in [0.29, 0.717) is 22.9 Å². The number of phenolic OH excluding ortho intramolecular Hbond substituents is 1. The molecule has 2 rings (SSSR count). The second-order valence-corrected chi connectivity index (χ2v) is 4.81. The van der Waals surface area contributed by atoms with E-state index in [1.165, 1.54) is 0 Å². The largest absolute Gasteiger partial charge is 0.508 e. The van der Waals surface area contributed by atoms with E-state index in [4.69, 9.17) is 34.3 Å². The van der Waals surface area contributed by atoms with Gasteiger partial charge in [0, 0.05) is 5.56 Å². The van der Waals surface area contributed by atoms with Gasteiger partial charge in [0.15, 0.2) is 0 Å². The lowest BCUT2D eigenvalue weighted by Crippen LogP contribution is -2.09. The van der Waals surface area contributed by atoms with Crippen LogP contribution in [-0.4, -0.2) is 10.1 Å². The average molecular weight is 294 g/mol. The molecule has 0 aliphatic carbocycles. The number of rotatable bonds is 4. The summed E-state index contributed by atoms with van der Waals surface area (Å²) < 4.78 is 5.58. The van der Waals surface area contributed by atoms with Crippen LogP contribution in [0.5, 0.6) is 11.5 Å². The van der Waals surface area contributed by atoms with Crippen molar-refractivity contribution < 1.29 is 9.84 Å². The molecule has 0 fully saturated rings. The summed E-state index contributed by atoms with van der Waals surface area (Å²) in [5.74, 6) is 0.830. The summed E-state index contributed by atoms with van der Waals surface area (Å²) in [7, 11) is 0. The van der Waals surface area contributed by atoms with Crippen LogP contribution in [0.3, 0.4) is 0 Å². The van der Waals surface area contributed by atoms with Gasteiger partial charge in [-0.1, -0.05) is 36.0 Å². The van der Waals surface area contributed by atoms with Gasteiger partial charge in [-0.15, -0.1) is 0 Å². The second kappa shape index (κ2) is 5.91. The van der Waals surface area contributed by atoms with Crippen LogP contribution < -0.4 is 10.5 Å². The molecule has 2 aromatic rings.